The Kier molecular flexibility index (Phi) is 3.10. The van der Waals surface area contributed by atoms with Crippen LogP contribution in [0.2, 0.25) is 0 Å². The van der Waals surface area contributed by atoms with Gasteiger partial charge in [0.2, 0.25) is 0 Å². The minimum atomic E-state index is 0.0930. The van der Waals surface area contributed by atoms with Gasteiger partial charge in [-0.3, -0.25) is 0 Å². The molecule has 1 aromatic carbocycles. The van der Waals surface area contributed by atoms with E-state index >= 15 is 0 Å². The number of benzene rings is 1. The van der Waals surface area contributed by atoms with Gasteiger partial charge in [0, 0.05) is 4.88 Å². The average Bonchev–Trinajstić information content (AvgIpc) is 2.93. The van der Waals surface area contributed by atoms with Gasteiger partial charge in [-0.05, 0) is 32.9 Å². The van der Waals surface area contributed by atoms with Crippen molar-refractivity contribution in [3.8, 4) is 0 Å². The van der Waals surface area contributed by atoms with E-state index in [1.165, 1.54) is 4.88 Å². The number of aryl methyl sites for hydroxylation is 2. The van der Waals surface area contributed by atoms with E-state index in [-0.39, 0.29) is 6.04 Å². The van der Waals surface area contributed by atoms with Crippen molar-refractivity contribution >= 4 is 34.1 Å². The van der Waals surface area contributed by atoms with Gasteiger partial charge < -0.3 is 15.5 Å². The lowest BCUT2D eigenvalue weighted by molar-refractivity contribution is 0.604. The van der Waals surface area contributed by atoms with E-state index in [1.54, 1.807) is 11.3 Å². The quantitative estimate of drug-likeness (QED) is 0.719. The molecule has 0 amide bonds. The van der Waals surface area contributed by atoms with Gasteiger partial charge >= 0.3 is 0 Å². The van der Waals surface area contributed by atoms with Crippen LogP contribution in [0.1, 0.15) is 28.5 Å². The van der Waals surface area contributed by atoms with E-state index in [1.807, 2.05) is 32.0 Å². The highest BCUT2D eigenvalue weighted by molar-refractivity contribution is 7.11. The summed E-state index contributed by atoms with van der Waals surface area (Å²) < 4.78 is 5.67. The van der Waals surface area contributed by atoms with Gasteiger partial charge in [0.15, 0.2) is 5.58 Å². The number of thiazole rings is 1. The molecule has 0 aliphatic heterocycles. The number of para-hydroxylation sites is 1. The largest absolute Gasteiger partial charge is 0.423 e. The van der Waals surface area contributed by atoms with Crippen molar-refractivity contribution in [3.63, 3.8) is 0 Å². The summed E-state index contributed by atoms with van der Waals surface area (Å²) in [4.78, 5) is 10.0. The lowest BCUT2D eigenvalue weighted by Crippen LogP contribution is -2.06. The minimum Gasteiger partial charge on any atom is -0.423 e. The second-order valence-corrected chi connectivity index (χ2v) is 6.00. The second-order valence-electron chi connectivity index (χ2n) is 4.76. The third-order valence-electron chi connectivity index (χ3n) is 3.12. The fourth-order valence-electron chi connectivity index (χ4n) is 2.23. The number of nitrogen functional groups attached to an aromatic ring is 1. The molecule has 2 aromatic heterocycles. The van der Waals surface area contributed by atoms with Crippen molar-refractivity contribution < 1.29 is 4.42 Å². The predicted molar refractivity (Wildman–Crippen MR) is 82.0 cm³/mol. The maximum Gasteiger partial charge on any atom is 0.296 e. The molecular formula is C14H16N4OS. The van der Waals surface area contributed by atoms with E-state index in [0.717, 1.165) is 10.7 Å². The smallest absolute Gasteiger partial charge is 0.296 e. The topological polar surface area (TPSA) is 77.0 Å². The molecule has 0 bridgehead atoms. The first-order valence-corrected chi connectivity index (χ1v) is 7.21. The number of anilines is 2. The second kappa shape index (κ2) is 4.79. The van der Waals surface area contributed by atoms with Crippen LogP contribution in [-0.2, 0) is 0 Å². The Bertz CT molecular complexity index is 762. The van der Waals surface area contributed by atoms with Crippen LogP contribution in [0.5, 0.6) is 0 Å². The summed E-state index contributed by atoms with van der Waals surface area (Å²) >= 11 is 1.68. The molecular weight excluding hydrogens is 272 g/mol. The number of rotatable bonds is 3. The monoisotopic (exact) mass is 288 g/mol. The van der Waals surface area contributed by atoms with E-state index in [0.29, 0.717) is 22.8 Å². The molecule has 1 unspecified atom stereocenters. The van der Waals surface area contributed by atoms with E-state index in [4.69, 9.17) is 10.2 Å². The summed E-state index contributed by atoms with van der Waals surface area (Å²) in [6.07, 6.45) is 0. The first-order chi connectivity index (χ1) is 9.54. The zero-order valence-corrected chi connectivity index (χ0v) is 12.4. The molecule has 1 atom stereocenters. The number of nitrogens with one attached hydrogen (secondary N) is 1. The SMILES string of the molecule is Cc1nc(C)c(C(C)Nc2nc3c(N)cccc3o2)s1. The molecule has 6 heteroatoms. The third kappa shape index (κ3) is 2.22. The van der Waals surface area contributed by atoms with E-state index in [2.05, 4.69) is 22.2 Å². The number of nitrogens with two attached hydrogens (primary N) is 1. The van der Waals surface area contributed by atoms with Crippen LogP contribution >= 0.6 is 11.3 Å². The van der Waals surface area contributed by atoms with Crippen LogP contribution in [0.3, 0.4) is 0 Å². The van der Waals surface area contributed by atoms with Crippen molar-refractivity contribution in [2.75, 3.05) is 11.1 Å². The Morgan fingerprint density at radius 2 is 2.10 bits per heavy atom. The summed E-state index contributed by atoms with van der Waals surface area (Å²) in [5.41, 5.74) is 8.93. The molecule has 0 saturated carbocycles. The van der Waals surface area contributed by atoms with Crippen LogP contribution in [-0.4, -0.2) is 9.97 Å². The maximum atomic E-state index is 5.88. The fraction of sp³-hybridized carbons (Fsp3) is 0.286. The highest BCUT2D eigenvalue weighted by atomic mass is 32.1. The molecule has 3 aromatic rings. The summed E-state index contributed by atoms with van der Waals surface area (Å²) in [6.45, 7) is 6.09. The summed E-state index contributed by atoms with van der Waals surface area (Å²) in [5.74, 6) is 0. The van der Waals surface area contributed by atoms with Crippen molar-refractivity contribution in [3.05, 3.63) is 33.8 Å². The molecule has 20 heavy (non-hydrogen) atoms. The molecule has 0 radical (unpaired) electrons. The Labute approximate surface area is 120 Å². The lowest BCUT2D eigenvalue weighted by Gasteiger charge is -2.10. The summed E-state index contributed by atoms with van der Waals surface area (Å²) in [7, 11) is 0. The van der Waals surface area contributed by atoms with Gasteiger partial charge in [-0.15, -0.1) is 11.3 Å². The van der Waals surface area contributed by atoms with Crippen LogP contribution in [0.4, 0.5) is 11.7 Å². The predicted octanol–water partition coefficient (Wildman–Crippen LogP) is 3.66. The molecule has 0 spiro atoms. The molecule has 5 nitrogen and oxygen atoms in total. The van der Waals surface area contributed by atoms with Crippen LogP contribution in [0.15, 0.2) is 22.6 Å². The molecule has 3 rings (SSSR count). The van der Waals surface area contributed by atoms with Crippen molar-refractivity contribution in [2.24, 2.45) is 0 Å². The third-order valence-corrected chi connectivity index (χ3v) is 4.38. The number of hydrogen-bond donors (Lipinski definition) is 2. The molecule has 104 valence electrons. The molecule has 0 saturated heterocycles. The maximum absolute atomic E-state index is 5.88. The Morgan fingerprint density at radius 3 is 2.75 bits per heavy atom. The van der Waals surface area contributed by atoms with Crippen molar-refractivity contribution in [1.29, 1.82) is 0 Å². The van der Waals surface area contributed by atoms with Gasteiger partial charge in [0.1, 0.15) is 5.52 Å². The number of oxazole rings is 1. The van der Waals surface area contributed by atoms with Crippen molar-refractivity contribution in [2.45, 2.75) is 26.8 Å². The highest BCUT2D eigenvalue weighted by Crippen LogP contribution is 2.29. The zero-order chi connectivity index (χ0) is 14.3. The normalized spacial score (nSPS) is 12.8. The van der Waals surface area contributed by atoms with E-state index in [9.17, 15) is 0 Å². The summed E-state index contributed by atoms with van der Waals surface area (Å²) in [5, 5.41) is 4.33. The minimum absolute atomic E-state index is 0.0930. The van der Waals surface area contributed by atoms with Gasteiger partial charge in [0.25, 0.3) is 6.01 Å². The molecule has 3 N–H and O–H groups in total. The highest BCUT2D eigenvalue weighted by Gasteiger charge is 2.16. The number of fused-ring (bicyclic) bond motifs is 1. The molecule has 0 aliphatic rings. The first-order valence-electron chi connectivity index (χ1n) is 6.40. The van der Waals surface area contributed by atoms with Gasteiger partial charge in [0.05, 0.1) is 22.4 Å². The number of hydrogen-bond acceptors (Lipinski definition) is 6. The Hall–Kier alpha value is -2.08. The molecule has 0 aliphatic carbocycles. The van der Waals surface area contributed by atoms with E-state index < -0.39 is 0 Å². The standard InChI is InChI=1S/C14H16N4OS/c1-7-13(20-9(3)16-7)8(2)17-14-18-12-10(15)5-4-6-11(12)19-14/h4-6,8H,15H2,1-3H3,(H,17,18). The number of nitrogens with zero attached hydrogens (tertiary/aromatic N) is 2. The number of aromatic nitrogens is 2. The van der Waals surface area contributed by atoms with Gasteiger partial charge in [-0.1, -0.05) is 6.07 Å². The van der Waals surface area contributed by atoms with Crippen LogP contribution in [0, 0.1) is 13.8 Å². The fourth-order valence-corrected chi connectivity index (χ4v) is 3.16. The molecule has 0 fully saturated rings. The van der Waals surface area contributed by atoms with Gasteiger partial charge in [-0.25, -0.2) is 4.98 Å². The average molecular weight is 288 g/mol. The van der Waals surface area contributed by atoms with Crippen LogP contribution < -0.4 is 11.1 Å². The Morgan fingerprint density at radius 1 is 1.30 bits per heavy atom. The molecule has 2 heterocycles. The Balaban J connectivity index is 1.89. The first kappa shape index (κ1) is 12.9. The van der Waals surface area contributed by atoms with Crippen molar-refractivity contribution in [1.82, 2.24) is 9.97 Å². The van der Waals surface area contributed by atoms with Gasteiger partial charge in [-0.2, -0.15) is 4.98 Å². The van der Waals surface area contributed by atoms with Crippen LogP contribution in [0.25, 0.3) is 11.1 Å². The lowest BCUT2D eigenvalue weighted by atomic mass is 10.2. The zero-order valence-electron chi connectivity index (χ0n) is 11.6. The summed E-state index contributed by atoms with van der Waals surface area (Å²) in [6, 6.07) is 6.10.